The van der Waals surface area contributed by atoms with Gasteiger partial charge >= 0.3 is 5.97 Å². The van der Waals surface area contributed by atoms with E-state index in [9.17, 15) is 9.18 Å². The van der Waals surface area contributed by atoms with Crippen molar-refractivity contribution in [2.75, 3.05) is 26.9 Å². The number of esters is 1. The maximum Gasteiger partial charge on any atom is 0.307 e. The number of carbonyl (C=O) groups excluding carboxylic acids is 1. The zero-order valence-corrected chi connectivity index (χ0v) is 12.7. The maximum absolute atomic E-state index is 12.9. The summed E-state index contributed by atoms with van der Waals surface area (Å²) in [6, 6.07) is 6.32. The summed E-state index contributed by atoms with van der Waals surface area (Å²) in [6.07, 6.45) is 1.84. The van der Waals surface area contributed by atoms with Crippen molar-refractivity contribution in [1.82, 2.24) is 5.32 Å². The van der Waals surface area contributed by atoms with Crippen LogP contribution < -0.4 is 5.32 Å². The highest BCUT2D eigenvalue weighted by Crippen LogP contribution is 2.09. The van der Waals surface area contributed by atoms with Crippen LogP contribution in [0.4, 0.5) is 4.39 Å². The molecule has 0 aliphatic rings. The van der Waals surface area contributed by atoms with Gasteiger partial charge in [0.1, 0.15) is 5.82 Å². The van der Waals surface area contributed by atoms with Crippen LogP contribution in [0, 0.1) is 5.82 Å². The van der Waals surface area contributed by atoms with Crippen LogP contribution in [-0.4, -0.2) is 38.9 Å². The molecule has 0 heterocycles. The van der Waals surface area contributed by atoms with E-state index in [4.69, 9.17) is 9.47 Å². The lowest BCUT2D eigenvalue weighted by Crippen LogP contribution is -2.35. The molecule has 0 amide bonds. The highest BCUT2D eigenvalue weighted by molar-refractivity contribution is 5.70. The molecular formula is C16H24FNO3. The van der Waals surface area contributed by atoms with Gasteiger partial charge in [0.2, 0.25) is 0 Å². The van der Waals surface area contributed by atoms with Gasteiger partial charge in [0.05, 0.1) is 13.0 Å². The van der Waals surface area contributed by atoms with Crippen molar-refractivity contribution in [1.29, 1.82) is 0 Å². The zero-order valence-electron chi connectivity index (χ0n) is 12.7. The number of nitrogens with one attached hydrogen (secondary N) is 1. The van der Waals surface area contributed by atoms with Crippen LogP contribution in [0.25, 0.3) is 0 Å². The fraction of sp³-hybridized carbons (Fsp3) is 0.562. The van der Waals surface area contributed by atoms with E-state index in [1.54, 1.807) is 26.2 Å². The van der Waals surface area contributed by atoms with E-state index in [0.717, 1.165) is 18.5 Å². The van der Waals surface area contributed by atoms with Crippen LogP contribution in [0.15, 0.2) is 24.3 Å². The van der Waals surface area contributed by atoms with Gasteiger partial charge in [-0.2, -0.15) is 0 Å². The van der Waals surface area contributed by atoms with Crippen LogP contribution in [0.2, 0.25) is 0 Å². The summed E-state index contributed by atoms with van der Waals surface area (Å²) in [5.41, 5.74) is 0.991. The van der Waals surface area contributed by atoms with Gasteiger partial charge in [-0.3, -0.25) is 4.79 Å². The molecule has 0 saturated carbocycles. The maximum atomic E-state index is 12.9. The largest absolute Gasteiger partial charge is 0.466 e. The Bertz CT molecular complexity index is 408. The van der Waals surface area contributed by atoms with Gasteiger partial charge in [-0.25, -0.2) is 4.39 Å². The van der Waals surface area contributed by atoms with Gasteiger partial charge in [-0.05, 0) is 44.0 Å². The van der Waals surface area contributed by atoms with Crippen LogP contribution in [0.5, 0.6) is 0 Å². The summed E-state index contributed by atoms with van der Waals surface area (Å²) >= 11 is 0. The SMILES string of the molecule is CCOC(=O)CC(Cc1ccc(F)cc1)NCCCOC. The second kappa shape index (κ2) is 10.3. The Balaban J connectivity index is 2.53. The Morgan fingerprint density at radius 1 is 1.33 bits per heavy atom. The number of halogens is 1. The number of rotatable bonds is 10. The molecule has 4 nitrogen and oxygen atoms in total. The van der Waals surface area contributed by atoms with Crippen LogP contribution in [-0.2, 0) is 20.7 Å². The van der Waals surface area contributed by atoms with Crippen molar-refractivity contribution in [3.8, 4) is 0 Å². The first-order valence-electron chi connectivity index (χ1n) is 7.28. The molecule has 1 rings (SSSR count). The van der Waals surface area contributed by atoms with Crippen molar-refractivity contribution < 1.29 is 18.7 Å². The van der Waals surface area contributed by atoms with Gasteiger partial charge < -0.3 is 14.8 Å². The number of hydrogen-bond donors (Lipinski definition) is 1. The van der Waals surface area contributed by atoms with E-state index >= 15 is 0 Å². The second-order valence-corrected chi connectivity index (χ2v) is 4.84. The predicted octanol–water partition coefficient (Wildman–Crippen LogP) is 2.32. The highest BCUT2D eigenvalue weighted by Gasteiger charge is 2.15. The quantitative estimate of drug-likeness (QED) is 0.532. The van der Waals surface area contributed by atoms with Gasteiger partial charge in [0, 0.05) is 19.8 Å². The molecule has 5 heteroatoms. The Morgan fingerprint density at radius 3 is 2.67 bits per heavy atom. The Kier molecular flexibility index (Phi) is 8.62. The number of methoxy groups -OCH3 is 1. The Morgan fingerprint density at radius 2 is 2.05 bits per heavy atom. The minimum Gasteiger partial charge on any atom is -0.466 e. The van der Waals surface area contributed by atoms with Crippen LogP contribution in [0.3, 0.4) is 0 Å². The van der Waals surface area contributed by atoms with Crippen molar-refractivity contribution in [3.63, 3.8) is 0 Å². The van der Waals surface area contributed by atoms with Gasteiger partial charge in [-0.15, -0.1) is 0 Å². The minimum atomic E-state index is -0.256. The molecule has 1 N–H and O–H groups in total. The normalized spacial score (nSPS) is 12.1. The van der Waals surface area contributed by atoms with Crippen molar-refractivity contribution in [2.45, 2.75) is 32.2 Å². The van der Waals surface area contributed by atoms with E-state index in [0.29, 0.717) is 26.1 Å². The molecular weight excluding hydrogens is 273 g/mol. The smallest absolute Gasteiger partial charge is 0.307 e. The first kappa shape index (κ1) is 17.6. The van der Waals surface area contributed by atoms with Crippen molar-refractivity contribution in [2.24, 2.45) is 0 Å². The zero-order chi connectivity index (χ0) is 15.5. The fourth-order valence-corrected chi connectivity index (χ4v) is 2.07. The molecule has 1 unspecified atom stereocenters. The highest BCUT2D eigenvalue weighted by atomic mass is 19.1. The number of benzene rings is 1. The average Bonchev–Trinajstić information content (AvgIpc) is 2.46. The molecule has 0 spiro atoms. The predicted molar refractivity (Wildman–Crippen MR) is 79.6 cm³/mol. The summed E-state index contributed by atoms with van der Waals surface area (Å²) in [4.78, 5) is 11.6. The molecule has 1 atom stereocenters. The molecule has 0 fully saturated rings. The van der Waals surface area contributed by atoms with Gasteiger partial charge in [0.25, 0.3) is 0 Å². The van der Waals surface area contributed by atoms with Gasteiger partial charge in [0.15, 0.2) is 0 Å². The Hall–Kier alpha value is -1.46. The molecule has 1 aromatic rings. The third-order valence-electron chi connectivity index (χ3n) is 3.07. The van der Waals surface area contributed by atoms with E-state index in [2.05, 4.69) is 5.32 Å². The van der Waals surface area contributed by atoms with Crippen LogP contribution in [0.1, 0.15) is 25.3 Å². The second-order valence-electron chi connectivity index (χ2n) is 4.84. The third-order valence-corrected chi connectivity index (χ3v) is 3.07. The summed E-state index contributed by atoms with van der Waals surface area (Å²) in [5, 5.41) is 3.33. The van der Waals surface area contributed by atoms with Crippen LogP contribution >= 0.6 is 0 Å². The fourth-order valence-electron chi connectivity index (χ4n) is 2.07. The molecule has 0 aromatic heterocycles. The lowest BCUT2D eigenvalue weighted by atomic mass is 10.0. The molecule has 0 bridgehead atoms. The first-order chi connectivity index (χ1) is 10.2. The third kappa shape index (κ3) is 7.78. The molecule has 0 aliphatic heterocycles. The summed E-state index contributed by atoms with van der Waals surface area (Å²) in [6.45, 7) is 3.61. The van der Waals surface area contributed by atoms with Crippen molar-refractivity contribution in [3.05, 3.63) is 35.6 Å². The van der Waals surface area contributed by atoms with Gasteiger partial charge in [-0.1, -0.05) is 12.1 Å². The van der Waals surface area contributed by atoms with E-state index in [1.807, 2.05) is 0 Å². The number of ether oxygens (including phenoxy) is 2. The standard InChI is InChI=1S/C16H24FNO3/c1-3-21-16(19)12-15(18-9-4-10-20-2)11-13-5-7-14(17)8-6-13/h5-8,15,18H,3-4,9-12H2,1-2H3. The molecule has 0 radical (unpaired) electrons. The lowest BCUT2D eigenvalue weighted by molar-refractivity contribution is -0.143. The average molecular weight is 297 g/mol. The molecule has 0 aliphatic carbocycles. The van der Waals surface area contributed by atoms with E-state index in [1.165, 1.54) is 12.1 Å². The number of carbonyl (C=O) groups is 1. The lowest BCUT2D eigenvalue weighted by Gasteiger charge is -2.18. The molecule has 21 heavy (non-hydrogen) atoms. The summed E-state index contributed by atoms with van der Waals surface area (Å²) in [7, 11) is 1.66. The summed E-state index contributed by atoms with van der Waals surface area (Å²) < 4.78 is 22.9. The minimum absolute atomic E-state index is 0.0219. The number of hydrogen-bond acceptors (Lipinski definition) is 4. The van der Waals surface area contributed by atoms with Crippen molar-refractivity contribution >= 4 is 5.97 Å². The molecule has 1 aromatic carbocycles. The monoisotopic (exact) mass is 297 g/mol. The topological polar surface area (TPSA) is 47.6 Å². The molecule has 0 saturated heterocycles. The Labute approximate surface area is 125 Å². The van der Waals surface area contributed by atoms with E-state index in [-0.39, 0.29) is 17.8 Å². The summed E-state index contributed by atoms with van der Waals surface area (Å²) in [5.74, 6) is -0.474. The molecule has 118 valence electrons. The first-order valence-corrected chi connectivity index (χ1v) is 7.28. The van der Waals surface area contributed by atoms with E-state index < -0.39 is 0 Å².